The molecule has 3 saturated heterocycles. The van der Waals surface area contributed by atoms with E-state index in [1.54, 1.807) is 0 Å². The predicted molar refractivity (Wildman–Crippen MR) is 118 cm³/mol. The van der Waals surface area contributed by atoms with E-state index < -0.39 is 17.7 Å². The van der Waals surface area contributed by atoms with Gasteiger partial charge in [-0.3, -0.25) is 14.5 Å². The Labute approximate surface area is 191 Å². The van der Waals surface area contributed by atoms with Gasteiger partial charge in [0, 0.05) is 63.8 Å². The highest BCUT2D eigenvalue weighted by molar-refractivity contribution is 5.90. The Bertz CT molecular complexity index is 908. The van der Waals surface area contributed by atoms with Crippen molar-refractivity contribution in [3.63, 3.8) is 0 Å². The molecular formula is C22H30F2N6O3. The van der Waals surface area contributed by atoms with Crippen LogP contribution in [0, 0.1) is 11.6 Å². The molecule has 1 aromatic rings. The molecule has 0 unspecified atom stereocenters. The molecule has 9 nitrogen and oxygen atoms in total. The molecule has 0 aliphatic carbocycles. The van der Waals surface area contributed by atoms with Crippen LogP contribution in [-0.2, 0) is 9.59 Å². The fourth-order valence-corrected chi connectivity index (χ4v) is 4.79. The fraction of sp³-hybridized carbons (Fsp3) is 0.591. The number of amides is 4. The highest BCUT2D eigenvalue weighted by atomic mass is 19.1. The summed E-state index contributed by atoms with van der Waals surface area (Å²) >= 11 is 0. The van der Waals surface area contributed by atoms with E-state index in [-0.39, 0.29) is 35.6 Å². The lowest BCUT2D eigenvalue weighted by Gasteiger charge is -2.38. The van der Waals surface area contributed by atoms with Gasteiger partial charge in [-0.05, 0) is 32.0 Å². The molecule has 33 heavy (non-hydrogen) atoms. The highest BCUT2D eigenvalue weighted by Crippen LogP contribution is 2.26. The first-order chi connectivity index (χ1) is 15.8. The van der Waals surface area contributed by atoms with Crippen LogP contribution in [-0.4, -0.2) is 97.0 Å². The number of anilines is 1. The maximum atomic E-state index is 13.8. The molecule has 3 atom stereocenters. The normalized spacial score (nSPS) is 26.0. The topological polar surface area (TPSA) is 97.0 Å². The molecule has 0 aromatic heterocycles. The number of likely N-dealkylation sites (N-methyl/N-ethyl adjacent to an activating group) is 1. The van der Waals surface area contributed by atoms with Crippen molar-refractivity contribution in [1.82, 2.24) is 25.3 Å². The molecule has 0 radical (unpaired) electrons. The molecule has 3 aliphatic rings. The van der Waals surface area contributed by atoms with E-state index in [0.717, 1.165) is 38.3 Å². The molecule has 1 aromatic carbocycles. The molecule has 0 spiro atoms. The first kappa shape index (κ1) is 23.4. The molecule has 3 aliphatic heterocycles. The third-order valence-corrected chi connectivity index (χ3v) is 6.68. The first-order valence-corrected chi connectivity index (χ1v) is 11.3. The number of benzene rings is 1. The molecule has 4 rings (SSSR count). The summed E-state index contributed by atoms with van der Waals surface area (Å²) in [5.74, 6) is -1.55. The predicted octanol–water partition coefficient (Wildman–Crippen LogP) is 0.582. The monoisotopic (exact) mass is 464 g/mol. The summed E-state index contributed by atoms with van der Waals surface area (Å²) in [5, 5.41) is 8.07. The molecular weight excluding hydrogens is 434 g/mol. The van der Waals surface area contributed by atoms with Gasteiger partial charge in [-0.15, -0.1) is 0 Å². The van der Waals surface area contributed by atoms with Crippen molar-refractivity contribution in [2.75, 3.05) is 51.6 Å². The van der Waals surface area contributed by atoms with E-state index >= 15 is 0 Å². The SMILES string of the molecule is CN1CCN(C(=O)CC[C@@H]2CNC(=O)[C@@H]3C[C@H](NC(=O)Nc4ccc(F)cc4F)CN23)CC1. The summed E-state index contributed by atoms with van der Waals surface area (Å²) in [5.41, 5.74) is -0.123. The molecule has 0 saturated carbocycles. The lowest BCUT2D eigenvalue weighted by molar-refractivity contribution is -0.133. The Balaban J connectivity index is 1.30. The van der Waals surface area contributed by atoms with Crippen molar-refractivity contribution in [3.05, 3.63) is 29.8 Å². The molecule has 180 valence electrons. The zero-order valence-electron chi connectivity index (χ0n) is 18.7. The maximum absolute atomic E-state index is 13.8. The summed E-state index contributed by atoms with van der Waals surface area (Å²) in [6.07, 6.45) is 1.46. The van der Waals surface area contributed by atoms with E-state index in [1.807, 2.05) is 11.9 Å². The molecule has 3 N–H and O–H groups in total. The standard InChI is InChI=1S/C22H30F2N6O3/c1-28-6-8-29(9-7-28)20(31)5-3-16-12-25-21(32)19-11-15(13-30(16)19)26-22(33)27-18-4-2-14(23)10-17(18)24/h2,4,10,15-16,19H,3,5-9,11-13H2,1H3,(H,25,32)(H2,26,27,33)/t15-,16+,19-/m0/s1. The summed E-state index contributed by atoms with van der Waals surface area (Å²) in [6, 6.07) is 1.62. The minimum atomic E-state index is -0.863. The molecule has 4 amide bonds. The van der Waals surface area contributed by atoms with Crippen LogP contribution in [0.4, 0.5) is 19.3 Å². The van der Waals surface area contributed by atoms with Gasteiger partial charge in [-0.2, -0.15) is 0 Å². The number of hydrogen-bond donors (Lipinski definition) is 3. The number of carbonyl (C=O) groups excluding carboxylic acids is 3. The van der Waals surface area contributed by atoms with Gasteiger partial charge in [-0.1, -0.05) is 0 Å². The minimum Gasteiger partial charge on any atom is -0.353 e. The zero-order valence-corrected chi connectivity index (χ0v) is 18.7. The molecule has 0 bridgehead atoms. The summed E-state index contributed by atoms with van der Waals surface area (Å²) in [7, 11) is 2.04. The van der Waals surface area contributed by atoms with Gasteiger partial charge in [0.2, 0.25) is 11.8 Å². The van der Waals surface area contributed by atoms with Crippen LogP contribution in [0.5, 0.6) is 0 Å². The minimum absolute atomic E-state index is 0.00789. The van der Waals surface area contributed by atoms with Crippen molar-refractivity contribution in [3.8, 4) is 0 Å². The van der Waals surface area contributed by atoms with Crippen LogP contribution in [0.1, 0.15) is 19.3 Å². The van der Waals surface area contributed by atoms with Crippen LogP contribution in [0.25, 0.3) is 0 Å². The third kappa shape index (κ3) is 5.59. The molecule has 3 fully saturated rings. The van der Waals surface area contributed by atoms with Gasteiger partial charge in [0.1, 0.15) is 11.6 Å². The highest BCUT2D eigenvalue weighted by Gasteiger charge is 2.44. The zero-order chi connectivity index (χ0) is 23.5. The smallest absolute Gasteiger partial charge is 0.319 e. The van der Waals surface area contributed by atoms with Gasteiger partial charge in [-0.25, -0.2) is 13.6 Å². The van der Waals surface area contributed by atoms with Gasteiger partial charge < -0.3 is 25.8 Å². The Morgan fingerprint density at radius 1 is 1.18 bits per heavy atom. The van der Waals surface area contributed by atoms with E-state index in [0.29, 0.717) is 38.4 Å². The van der Waals surface area contributed by atoms with Gasteiger partial charge in [0.15, 0.2) is 0 Å². The number of carbonyl (C=O) groups is 3. The van der Waals surface area contributed by atoms with E-state index in [2.05, 4.69) is 25.8 Å². The Hall–Kier alpha value is -2.79. The van der Waals surface area contributed by atoms with E-state index in [4.69, 9.17) is 0 Å². The summed E-state index contributed by atoms with van der Waals surface area (Å²) < 4.78 is 26.8. The number of nitrogens with zero attached hydrogens (tertiary/aromatic N) is 3. The average Bonchev–Trinajstić information content (AvgIpc) is 3.20. The largest absolute Gasteiger partial charge is 0.353 e. The Morgan fingerprint density at radius 3 is 2.67 bits per heavy atom. The van der Waals surface area contributed by atoms with Gasteiger partial charge in [0.25, 0.3) is 0 Å². The quantitative estimate of drug-likeness (QED) is 0.593. The maximum Gasteiger partial charge on any atom is 0.319 e. The van der Waals surface area contributed by atoms with Crippen molar-refractivity contribution in [2.45, 2.75) is 37.4 Å². The Morgan fingerprint density at radius 2 is 1.94 bits per heavy atom. The Kier molecular flexibility index (Phi) is 7.08. The lowest BCUT2D eigenvalue weighted by atomic mass is 10.0. The fourth-order valence-electron chi connectivity index (χ4n) is 4.79. The molecule has 11 heteroatoms. The van der Waals surface area contributed by atoms with Crippen LogP contribution in [0.2, 0.25) is 0 Å². The van der Waals surface area contributed by atoms with Crippen molar-refractivity contribution >= 4 is 23.5 Å². The average molecular weight is 465 g/mol. The number of nitrogens with one attached hydrogen (secondary N) is 3. The second kappa shape index (κ2) is 10.0. The number of fused-ring (bicyclic) bond motifs is 1. The second-order valence-corrected chi connectivity index (χ2v) is 8.99. The number of urea groups is 1. The van der Waals surface area contributed by atoms with Crippen LogP contribution < -0.4 is 16.0 Å². The van der Waals surface area contributed by atoms with Gasteiger partial charge >= 0.3 is 6.03 Å². The van der Waals surface area contributed by atoms with Crippen LogP contribution in [0.3, 0.4) is 0 Å². The van der Waals surface area contributed by atoms with Crippen LogP contribution >= 0.6 is 0 Å². The van der Waals surface area contributed by atoms with Crippen molar-refractivity contribution < 1.29 is 23.2 Å². The van der Waals surface area contributed by atoms with Gasteiger partial charge in [0.05, 0.1) is 11.7 Å². The van der Waals surface area contributed by atoms with Crippen molar-refractivity contribution in [1.29, 1.82) is 0 Å². The first-order valence-electron chi connectivity index (χ1n) is 11.3. The van der Waals surface area contributed by atoms with E-state index in [9.17, 15) is 23.2 Å². The second-order valence-electron chi connectivity index (χ2n) is 8.99. The number of piperazine rings is 2. The summed E-state index contributed by atoms with van der Waals surface area (Å²) in [4.78, 5) is 43.5. The number of rotatable bonds is 5. The number of halogens is 2. The lowest BCUT2D eigenvalue weighted by Crippen LogP contribution is -2.58. The van der Waals surface area contributed by atoms with Crippen LogP contribution in [0.15, 0.2) is 18.2 Å². The van der Waals surface area contributed by atoms with E-state index in [1.165, 1.54) is 0 Å². The number of hydrogen-bond acceptors (Lipinski definition) is 5. The van der Waals surface area contributed by atoms with Crippen molar-refractivity contribution in [2.24, 2.45) is 0 Å². The summed E-state index contributed by atoms with van der Waals surface area (Å²) in [6.45, 7) is 4.14. The third-order valence-electron chi connectivity index (χ3n) is 6.68. The molecule has 3 heterocycles.